The highest BCUT2D eigenvalue weighted by molar-refractivity contribution is 7.15. The molecule has 2 heterocycles. The van der Waals surface area contributed by atoms with Crippen LogP contribution in [0.25, 0.3) is 0 Å². The molecule has 0 unspecified atom stereocenters. The number of hydrogen-bond acceptors (Lipinski definition) is 5. The molecule has 0 spiro atoms. The molecule has 0 fully saturated rings. The molecule has 0 radical (unpaired) electrons. The zero-order valence-corrected chi connectivity index (χ0v) is 13.5. The number of carbonyl (C=O) groups is 1. The molecule has 1 amide bonds. The average Bonchev–Trinajstić information content (AvgIpc) is 3.17. The third-order valence-corrected chi connectivity index (χ3v) is 3.99. The minimum atomic E-state index is -4.53. The van der Waals surface area contributed by atoms with Gasteiger partial charge in [-0.2, -0.15) is 18.3 Å². The number of anilines is 1. The molecule has 1 aromatic carbocycles. The van der Waals surface area contributed by atoms with Gasteiger partial charge < -0.3 is 0 Å². The molecule has 3 aromatic rings. The first-order valence-corrected chi connectivity index (χ1v) is 7.98. The number of rotatable bonds is 5. The van der Waals surface area contributed by atoms with Crippen LogP contribution >= 0.6 is 11.3 Å². The predicted octanol–water partition coefficient (Wildman–Crippen LogP) is 2.98. The van der Waals surface area contributed by atoms with Gasteiger partial charge in [-0.1, -0.05) is 41.7 Å². The van der Waals surface area contributed by atoms with E-state index < -0.39 is 17.8 Å². The topological polar surface area (TPSA) is 72.7 Å². The summed E-state index contributed by atoms with van der Waals surface area (Å²) in [5.41, 5.74) is 0.0223. The van der Waals surface area contributed by atoms with Crippen LogP contribution in [-0.2, 0) is 23.9 Å². The van der Waals surface area contributed by atoms with Gasteiger partial charge in [-0.3, -0.25) is 14.8 Å². The van der Waals surface area contributed by atoms with E-state index in [2.05, 4.69) is 20.6 Å². The molecule has 6 nitrogen and oxygen atoms in total. The van der Waals surface area contributed by atoms with Crippen LogP contribution in [0, 0.1) is 0 Å². The first-order valence-electron chi connectivity index (χ1n) is 7.17. The fourth-order valence-electron chi connectivity index (χ4n) is 2.05. The highest BCUT2D eigenvalue weighted by Gasteiger charge is 2.33. The lowest BCUT2D eigenvalue weighted by atomic mass is 10.2. The molecule has 1 N–H and O–H groups in total. The van der Waals surface area contributed by atoms with Crippen molar-refractivity contribution in [3.05, 3.63) is 58.9 Å². The SMILES string of the molecule is O=C(Cn1ccc(C(F)(F)F)n1)Nc1nnc(Cc2ccccc2)s1. The summed E-state index contributed by atoms with van der Waals surface area (Å²) < 4.78 is 38.3. The summed E-state index contributed by atoms with van der Waals surface area (Å²) >= 11 is 1.21. The molecular weight excluding hydrogens is 355 g/mol. The summed E-state index contributed by atoms with van der Waals surface area (Å²) in [4.78, 5) is 11.9. The van der Waals surface area contributed by atoms with Crippen LogP contribution in [0.4, 0.5) is 18.3 Å². The van der Waals surface area contributed by atoms with Gasteiger partial charge in [0.15, 0.2) is 5.69 Å². The highest BCUT2D eigenvalue weighted by Crippen LogP contribution is 2.27. The van der Waals surface area contributed by atoms with E-state index >= 15 is 0 Å². The molecule has 10 heteroatoms. The van der Waals surface area contributed by atoms with E-state index in [-0.39, 0.29) is 6.54 Å². The maximum atomic E-state index is 12.5. The fourth-order valence-corrected chi connectivity index (χ4v) is 2.84. The number of hydrogen-bond donors (Lipinski definition) is 1. The van der Waals surface area contributed by atoms with Crippen molar-refractivity contribution >= 4 is 22.4 Å². The summed E-state index contributed by atoms with van der Waals surface area (Å²) in [6.45, 7) is -0.344. The lowest BCUT2D eigenvalue weighted by Gasteiger charge is -2.03. The second-order valence-electron chi connectivity index (χ2n) is 5.11. The Morgan fingerprint density at radius 1 is 1.16 bits per heavy atom. The third-order valence-electron chi connectivity index (χ3n) is 3.15. The van der Waals surface area contributed by atoms with Crippen LogP contribution in [-0.4, -0.2) is 25.9 Å². The predicted molar refractivity (Wildman–Crippen MR) is 85.0 cm³/mol. The zero-order chi connectivity index (χ0) is 17.9. The van der Waals surface area contributed by atoms with E-state index in [1.165, 1.54) is 11.3 Å². The van der Waals surface area contributed by atoms with E-state index in [4.69, 9.17) is 0 Å². The Kier molecular flexibility index (Phi) is 4.79. The van der Waals surface area contributed by atoms with Gasteiger partial charge >= 0.3 is 6.18 Å². The van der Waals surface area contributed by atoms with Crippen LogP contribution in [0.3, 0.4) is 0 Å². The number of nitrogens with one attached hydrogen (secondary N) is 1. The Hall–Kier alpha value is -2.75. The maximum absolute atomic E-state index is 12.5. The molecule has 0 saturated heterocycles. The van der Waals surface area contributed by atoms with Crippen molar-refractivity contribution in [3.63, 3.8) is 0 Å². The van der Waals surface area contributed by atoms with Gasteiger partial charge in [0.2, 0.25) is 11.0 Å². The van der Waals surface area contributed by atoms with E-state index in [0.717, 1.165) is 27.5 Å². The van der Waals surface area contributed by atoms with Gasteiger partial charge in [-0.25, -0.2) is 0 Å². The minimum absolute atomic E-state index is 0.291. The zero-order valence-electron chi connectivity index (χ0n) is 12.7. The Balaban J connectivity index is 1.57. The summed E-state index contributed by atoms with van der Waals surface area (Å²) in [5.74, 6) is -0.528. The van der Waals surface area contributed by atoms with Crippen molar-refractivity contribution in [2.45, 2.75) is 19.1 Å². The summed E-state index contributed by atoms with van der Waals surface area (Å²) in [7, 11) is 0. The van der Waals surface area contributed by atoms with Crippen molar-refractivity contribution in [3.8, 4) is 0 Å². The van der Waals surface area contributed by atoms with Crippen molar-refractivity contribution in [1.29, 1.82) is 0 Å². The van der Waals surface area contributed by atoms with Gasteiger partial charge in [0.05, 0.1) is 0 Å². The summed E-state index contributed by atoms with van der Waals surface area (Å²) in [6, 6.07) is 10.5. The van der Waals surface area contributed by atoms with E-state index in [1.807, 2.05) is 30.3 Å². The van der Waals surface area contributed by atoms with Crippen LogP contribution in [0.5, 0.6) is 0 Å². The fraction of sp³-hybridized carbons (Fsp3) is 0.200. The Bertz CT molecular complexity index is 859. The molecule has 0 aliphatic heterocycles. The van der Waals surface area contributed by atoms with Crippen LogP contribution in [0.1, 0.15) is 16.3 Å². The molecule has 0 atom stereocenters. The molecule has 3 rings (SSSR count). The number of amides is 1. The molecule has 0 aliphatic carbocycles. The number of nitrogens with zero attached hydrogens (tertiary/aromatic N) is 4. The first kappa shape index (κ1) is 17.1. The van der Waals surface area contributed by atoms with Crippen molar-refractivity contribution in [2.75, 3.05) is 5.32 Å². The number of benzene rings is 1. The second kappa shape index (κ2) is 7.01. The monoisotopic (exact) mass is 367 g/mol. The molecule has 130 valence electrons. The van der Waals surface area contributed by atoms with E-state index in [0.29, 0.717) is 11.6 Å². The normalized spacial score (nSPS) is 11.5. The standard InChI is InChI=1S/C15H12F3N5OS/c16-15(17,18)11-6-7-23(22-11)9-12(24)19-14-21-20-13(25-14)8-10-4-2-1-3-5-10/h1-7H,8-9H2,(H,19,21,24). The smallest absolute Gasteiger partial charge is 0.299 e. The lowest BCUT2D eigenvalue weighted by molar-refractivity contribution is -0.141. The van der Waals surface area contributed by atoms with Gasteiger partial charge in [0.1, 0.15) is 11.6 Å². The molecule has 0 bridgehead atoms. The lowest BCUT2D eigenvalue weighted by Crippen LogP contribution is -2.19. The molecule has 25 heavy (non-hydrogen) atoms. The number of halogens is 3. The summed E-state index contributed by atoms with van der Waals surface area (Å²) in [6.07, 6.45) is -2.85. The Morgan fingerprint density at radius 2 is 1.92 bits per heavy atom. The van der Waals surface area contributed by atoms with Gasteiger partial charge in [-0.15, -0.1) is 10.2 Å². The van der Waals surface area contributed by atoms with Gasteiger partial charge in [0.25, 0.3) is 0 Å². The Labute approximate surface area is 144 Å². The average molecular weight is 367 g/mol. The second-order valence-corrected chi connectivity index (χ2v) is 6.17. The highest BCUT2D eigenvalue weighted by atomic mass is 32.1. The summed E-state index contributed by atoms with van der Waals surface area (Å²) in [5, 5.41) is 14.7. The number of aromatic nitrogens is 4. The van der Waals surface area contributed by atoms with Crippen molar-refractivity contribution in [2.24, 2.45) is 0 Å². The maximum Gasteiger partial charge on any atom is 0.435 e. The van der Waals surface area contributed by atoms with Crippen LogP contribution < -0.4 is 5.32 Å². The van der Waals surface area contributed by atoms with Gasteiger partial charge in [0, 0.05) is 12.6 Å². The van der Waals surface area contributed by atoms with Crippen LogP contribution in [0.2, 0.25) is 0 Å². The van der Waals surface area contributed by atoms with E-state index in [9.17, 15) is 18.0 Å². The van der Waals surface area contributed by atoms with Crippen molar-refractivity contribution < 1.29 is 18.0 Å². The molecule has 0 aliphatic rings. The Morgan fingerprint density at radius 3 is 2.60 bits per heavy atom. The number of carbonyl (C=O) groups excluding carboxylic acids is 1. The number of alkyl halides is 3. The van der Waals surface area contributed by atoms with Gasteiger partial charge in [-0.05, 0) is 11.6 Å². The minimum Gasteiger partial charge on any atom is -0.299 e. The first-order chi connectivity index (χ1) is 11.9. The molecule has 0 saturated carbocycles. The van der Waals surface area contributed by atoms with Crippen molar-refractivity contribution in [1.82, 2.24) is 20.0 Å². The molecule has 2 aromatic heterocycles. The largest absolute Gasteiger partial charge is 0.435 e. The van der Waals surface area contributed by atoms with Crippen LogP contribution in [0.15, 0.2) is 42.6 Å². The third kappa shape index (κ3) is 4.63. The van der Waals surface area contributed by atoms with E-state index in [1.54, 1.807) is 0 Å². The quantitative estimate of drug-likeness (QED) is 0.753. The molecular formula is C15H12F3N5OS.